The molecule has 0 aliphatic rings. The van der Waals surface area contributed by atoms with E-state index in [4.69, 9.17) is 0 Å². The van der Waals surface area contributed by atoms with Crippen LogP contribution in [-0.2, 0) is 28.8 Å². The highest BCUT2D eigenvalue weighted by molar-refractivity contribution is 7.87. The van der Waals surface area contributed by atoms with Crippen molar-refractivity contribution in [2.24, 2.45) is 0 Å². The molecule has 21 heavy (non-hydrogen) atoms. The van der Waals surface area contributed by atoms with E-state index >= 15 is 0 Å². The minimum Gasteiger partial charge on any atom is -0.204 e. The number of hydrogen-bond acceptors (Lipinski definition) is 8. The van der Waals surface area contributed by atoms with E-state index in [0.717, 1.165) is 6.42 Å². The number of nitrogens with one attached hydrogen (secondary N) is 2. The summed E-state index contributed by atoms with van der Waals surface area (Å²) in [5.74, 6) is -0.120. The minimum atomic E-state index is -3.75. The van der Waals surface area contributed by atoms with Crippen LogP contribution < -0.4 is 11.0 Å². The van der Waals surface area contributed by atoms with Crippen LogP contribution in [0.2, 0.25) is 0 Å². The first kappa shape index (κ1) is 20.0. The Hall–Kier alpha value is -1.02. The fourth-order valence-electron chi connectivity index (χ4n) is 1.21. The molecule has 0 saturated heterocycles. The van der Waals surface area contributed by atoms with Crippen molar-refractivity contribution in [2.45, 2.75) is 51.7 Å². The predicted molar refractivity (Wildman–Crippen MR) is 78.2 cm³/mol. The Morgan fingerprint density at radius 2 is 1.57 bits per heavy atom. The molecule has 2 N–H and O–H groups in total. The van der Waals surface area contributed by atoms with Crippen LogP contribution in [0.4, 0.5) is 0 Å². The number of unbranched alkanes of at least 4 members (excludes halogenated alkanes) is 1. The molecule has 8 nitrogen and oxygen atoms in total. The molecule has 1 unspecified atom stereocenters. The summed E-state index contributed by atoms with van der Waals surface area (Å²) in [5.41, 5.74) is 3.80. The van der Waals surface area contributed by atoms with Gasteiger partial charge in [0.25, 0.3) is 20.2 Å². The molecule has 0 aliphatic carbocycles. The zero-order valence-electron chi connectivity index (χ0n) is 12.4. The average Bonchev–Trinajstić information content (AvgIpc) is 2.40. The third kappa shape index (κ3) is 9.52. The molecule has 0 amide bonds. The van der Waals surface area contributed by atoms with Crippen LogP contribution in [0, 0.1) is 12.1 Å². The van der Waals surface area contributed by atoms with Crippen molar-refractivity contribution in [3.63, 3.8) is 0 Å². The van der Waals surface area contributed by atoms with E-state index in [0.29, 0.717) is 19.3 Å². The normalized spacial score (nSPS) is 13.1. The molecule has 0 aromatic rings. The number of hydrogen-bond donors (Lipinski definition) is 2. The summed E-state index contributed by atoms with van der Waals surface area (Å²) in [6, 6.07) is 4.12. The Bertz CT molecular complexity index is 547. The summed E-state index contributed by atoms with van der Waals surface area (Å²) in [6.45, 7) is 5.24. The molecule has 0 rings (SSSR count). The maximum Gasteiger partial charge on any atom is 0.291 e. The molecule has 0 bridgehead atoms. The van der Waals surface area contributed by atoms with Gasteiger partial charge in [-0.3, -0.25) is 0 Å². The standard InChI is InChI=1S/C11H22N2O6S2/c1-4-6-10-20(14,15)18-12-8-9-13-19-21(16,17)11(3)7-5-2/h11-13H,4-7,10H2,1-3H3. The molecule has 0 aromatic carbocycles. The number of rotatable bonds is 10. The van der Waals surface area contributed by atoms with Gasteiger partial charge in [-0.25, -0.2) is 11.0 Å². The molecule has 0 radical (unpaired) electrons. The fraction of sp³-hybridized carbons (Fsp3) is 0.818. The van der Waals surface area contributed by atoms with Crippen LogP contribution in [-0.4, -0.2) is 27.8 Å². The number of hydroxylamine groups is 2. The molecular weight excluding hydrogens is 320 g/mol. The van der Waals surface area contributed by atoms with Gasteiger partial charge in [-0.2, -0.15) is 16.8 Å². The lowest BCUT2D eigenvalue weighted by atomic mass is 10.3. The van der Waals surface area contributed by atoms with Gasteiger partial charge in [-0.1, -0.05) is 26.7 Å². The molecule has 0 fully saturated rings. The SMILES string of the molecule is CCCCS(=O)(=O)ONC#CNOS(=O)(=O)C(C)CCC. The molecule has 0 spiro atoms. The highest BCUT2D eigenvalue weighted by Crippen LogP contribution is 2.08. The predicted octanol–water partition coefficient (Wildman–Crippen LogP) is 0.595. The summed E-state index contributed by atoms with van der Waals surface area (Å²) >= 11 is 0. The van der Waals surface area contributed by atoms with Crippen LogP contribution in [0.15, 0.2) is 0 Å². The highest BCUT2D eigenvalue weighted by Gasteiger charge is 2.20. The second-order valence-corrected chi connectivity index (χ2v) is 7.98. The monoisotopic (exact) mass is 342 g/mol. The summed E-state index contributed by atoms with van der Waals surface area (Å²) in [4.78, 5) is 0. The van der Waals surface area contributed by atoms with Crippen molar-refractivity contribution in [3.05, 3.63) is 0 Å². The van der Waals surface area contributed by atoms with E-state index in [1.54, 1.807) is 0 Å². The summed E-state index contributed by atoms with van der Waals surface area (Å²) in [7, 11) is -7.43. The molecule has 10 heteroatoms. The van der Waals surface area contributed by atoms with Gasteiger partial charge in [0.2, 0.25) is 0 Å². The third-order valence-electron chi connectivity index (χ3n) is 2.43. The Balaban J connectivity index is 4.11. The highest BCUT2D eigenvalue weighted by atomic mass is 32.2. The molecule has 0 heterocycles. The fourth-order valence-corrected chi connectivity index (χ4v) is 2.95. The van der Waals surface area contributed by atoms with Gasteiger partial charge in [0.1, 0.15) is 0 Å². The third-order valence-corrected chi connectivity index (χ3v) is 5.09. The second-order valence-electron chi connectivity index (χ2n) is 4.33. The first-order valence-corrected chi connectivity index (χ1v) is 9.63. The molecule has 1 atom stereocenters. The van der Waals surface area contributed by atoms with Gasteiger partial charge >= 0.3 is 0 Å². The lowest BCUT2D eigenvalue weighted by Crippen LogP contribution is -2.25. The largest absolute Gasteiger partial charge is 0.291 e. The smallest absolute Gasteiger partial charge is 0.204 e. The second kappa shape index (κ2) is 9.83. The van der Waals surface area contributed by atoms with Crippen LogP contribution in [0.25, 0.3) is 0 Å². The van der Waals surface area contributed by atoms with E-state index in [1.165, 1.54) is 6.92 Å². The summed E-state index contributed by atoms with van der Waals surface area (Å²) in [6.07, 6.45) is 2.37. The summed E-state index contributed by atoms with van der Waals surface area (Å²) < 4.78 is 54.3. The van der Waals surface area contributed by atoms with Gasteiger partial charge in [0.15, 0.2) is 0 Å². The Kier molecular flexibility index (Phi) is 9.36. The van der Waals surface area contributed by atoms with Crippen molar-refractivity contribution < 1.29 is 25.4 Å². The van der Waals surface area contributed by atoms with Gasteiger partial charge in [0.05, 0.1) is 23.1 Å². The lowest BCUT2D eigenvalue weighted by Gasteiger charge is -2.09. The van der Waals surface area contributed by atoms with E-state index in [9.17, 15) is 16.8 Å². The topological polar surface area (TPSA) is 111 Å². The van der Waals surface area contributed by atoms with Gasteiger partial charge in [-0.05, 0) is 19.8 Å². The van der Waals surface area contributed by atoms with Crippen LogP contribution in [0.1, 0.15) is 46.5 Å². The van der Waals surface area contributed by atoms with Crippen molar-refractivity contribution in [2.75, 3.05) is 5.75 Å². The van der Waals surface area contributed by atoms with Crippen LogP contribution in [0.5, 0.6) is 0 Å². The van der Waals surface area contributed by atoms with Gasteiger partial charge in [0, 0.05) is 0 Å². The first-order valence-electron chi connectivity index (χ1n) is 6.58. The maximum absolute atomic E-state index is 11.5. The van der Waals surface area contributed by atoms with Crippen molar-refractivity contribution in [1.29, 1.82) is 0 Å². The molecule has 0 aliphatic heterocycles. The van der Waals surface area contributed by atoms with Crippen molar-refractivity contribution in [1.82, 2.24) is 11.0 Å². The van der Waals surface area contributed by atoms with Crippen LogP contribution >= 0.6 is 0 Å². The van der Waals surface area contributed by atoms with Crippen LogP contribution in [0.3, 0.4) is 0 Å². The van der Waals surface area contributed by atoms with Crippen molar-refractivity contribution >= 4 is 20.2 Å². The summed E-state index contributed by atoms with van der Waals surface area (Å²) in [5, 5.41) is -0.657. The minimum absolute atomic E-state index is 0.120. The Morgan fingerprint density at radius 3 is 2.10 bits per heavy atom. The van der Waals surface area contributed by atoms with E-state index in [-0.39, 0.29) is 5.75 Å². The first-order chi connectivity index (χ1) is 9.75. The average molecular weight is 342 g/mol. The Morgan fingerprint density at radius 1 is 1.00 bits per heavy atom. The zero-order valence-corrected chi connectivity index (χ0v) is 14.0. The van der Waals surface area contributed by atoms with Gasteiger partial charge < -0.3 is 0 Å². The lowest BCUT2D eigenvalue weighted by molar-refractivity contribution is 0.245. The van der Waals surface area contributed by atoms with Crippen molar-refractivity contribution in [3.8, 4) is 12.1 Å². The molecule has 124 valence electrons. The quantitative estimate of drug-likeness (QED) is 0.337. The molecular formula is C11H22N2O6S2. The zero-order chi connectivity index (χ0) is 16.4. The van der Waals surface area contributed by atoms with E-state index in [2.05, 4.69) is 20.7 Å². The van der Waals surface area contributed by atoms with E-state index in [1.807, 2.05) is 24.8 Å². The molecule has 0 saturated carbocycles. The molecule has 0 aromatic heterocycles. The maximum atomic E-state index is 11.5. The Labute approximate surface area is 126 Å². The van der Waals surface area contributed by atoms with Gasteiger partial charge in [-0.15, -0.1) is 8.57 Å². The van der Waals surface area contributed by atoms with E-state index < -0.39 is 25.5 Å².